The van der Waals surface area contributed by atoms with Gasteiger partial charge in [0.15, 0.2) is 0 Å². The number of ether oxygens (including phenoxy) is 1. The van der Waals surface area contributed by atoms with E-state index in [4.69, 9.17) is 4.74 Å². The fraction of sp³-hybridized carbons (Fsp3) is 0.273. The highest BCUT2D eigenvalue weighted by atomic mass is 32.2. The topological polar surface area (TPSA) is 114 Å². The maximum absolute atomic E-state index is 12.6. The first-order valence-electron chi connectivity index (χ1n) is 9.53. The predicted octanol–water partition coefficient (Wildman–Crippen LogP) is 2.54. The van der Waals surface area contributed by atoms with Gasteiger partial charge >= 0.3 is 0 Å². The van der Waals surface area contributed by atoms with E-state index in [1.165, 1.54) is 31.4 Å². The van der Waals surface area contributed by atoms with Gasteiger partial charge in [-0.3, -0.25) is 14.3 Å². The summed E-state index contributed by atoms with van der Waals surface area (Å²) in [6.45, 7) is 5.42. The Hall–Kier alpha value is -3.33. The van der Waals surface area contributed by atoms with Crippen molar-refractivity contribution in [3.8, 4) is 5.75 Å². The molecule has 2 amide bonds. The molecular formula is C22H27N3O5S. The van der Waals surface area contributed by atoms with Crippen molar-refractivity contribution in [2.75, 3.05) is 18.4 Å². The lowest BCUT2D eigenvalue weighted by Crippen LogP contribution is -2.45. The van der Waals surface area contributed by atoms with Gasteiger partial charge in [0.1, 0.15) is 5.75 Å². The summed E-state index contributed by atoms with van der Waals surface area (Å²) in [6.07, 6.45) is 2.81. The molecule has 0 heterocycles. The van der Waals surface area contributed by atoms with E-state index < -0.39 is 15.9 Å². The van der Waals surface area contributed by atoms with E-state index in [0.717, 1.165) is 0 Å². The third-order valence-electron chi connectivity index (χ3n) is 3.91. The summed E-state index contributed by atoms with van der Waals surface area (Å²) in [7, 11) is -2.35. The molecule has 166 valence electrons. The number of rotatable bonds is 8. The standard InChI is InChI=1S/C22H27N3O5S/c1-22(2,3)24-21(27)15-23-20(26)14-11-16-9-12-17(13-10-16)31(28,29)25-18-7-5-6-8-19(18)30-4/h5-14,25H,15H2,1-4H3,(H,23,26)(H,24,27). The van der Waals surface area contributed by atoms with Crippen LogP contribution in [0.25, 0.3) is 6.08 Å². The summed E-state index contributed by atoms with van der Waals surface area (Å²) in [5.74, 6) is -0.308. The average Bonchev–Trinajstić information content (AvgIpc) is 2.70. The molecule has 0 aliphatic rings. The number of anilines is 1. The molecule has 0 fully saturated rings. The van der Waals surface area contributed by atoms with Gasteiger partial charge in [0.25, 0.3) is 10.0 Å². The number of sulfonamides is 1. The van der Waals surface area contributed by atoms with Crippen molar-refractivity contribution in [3.05, 3.63) is 60.2 Å². The van der Waals surface area contributed by atoms with E-state index in [0.29, 0.717) is 17.0 Å². The van der Waals surface area contributed by atoms with Gasteiger partial charge in [-0.25, -0.2) is 8.42 Å². The number of amides is 2. The second kappa shape index (κ2) is 10.1. The van der Waals surface area contributed by atoms with Crippen molar-refractivity contribution < 1.29 is 22.7 Å². The fourth-order valence-corrected chi connectivity index (χ4v) is 3.62. The van der Waals surface area contributed by atoms with Crippen LogP contribution in [0.1, 0.15) is 26.3 Å². The van der Waals surface area contributed by atoms with Crippen LogP contribution in [0.4, 0.5) is 5.69 Å². The molecule has 2 rings (SSSR count). The van der Waals surface area contributed by atoms with Crippen LogP contribution in [0.15, 0.2) is 59.5 Å². The maximum atomic E-state index is 12.6. The molecule has 0 aliphatic carbocycles. The van der Waals surface area contributed by atoms with Crippen LogP contribution in [0.5, 0.6) is 5.75 Å². The fourth-order valence-electron chi connectivity index (χ4n) is 2.55. The second-order valence-electron chi connectivity index (χ2n) is 7.72. The lowest BCUT2D eigenvalue weighted by molar-refractivity contribution is -0.124. The van der Waals surface area contributed by atoms with Gasteiger partial charge in [0.05, 0.1) is 24.2 Å². The van der Waals surface area contributed by atoms with E-state index in [-0.39, 0.29) is 22.9 Å². The summed E-state index contributed by atoms with van der Waals surface area (Å²) < 4.78 is 32.9. The molecule has 31 heavy (non-hydrogen) atoms. The summed E-state index contributed by atoms with van der Waals surface area (Å²) in [5, 5.41) is 5.24. The molecule has 9 heteroatoms. The number of benzene rings is 2. The van der Waals surface area contributed by atoms with Crippen molar-refractivity contribution in [1.82, 2.24) is 10.6 Å². The lowest BCUT2D eigenvalue weighted by atomic mass is 10.1. The van der Waals surface area contributed by atoms with Gasteiger partial charge in [0, 0.05) is 11.6 Å². The summed E-state index contributed by atoms with van der Waals surface area (Å²) in [4.78, 5) is 23.7. The number of carbonyl (C=O) groups is 2. The minimum absolute atomic E-state index is 0.0684. The normalized spacial score (nSPS) is 11.7. The van der Waals surface area contributed by atoms with Gasteiger partial charge in [-0.15, -0.1) is 0 Å². The monoisotopic (exact) mass is 445 g/mol. The van der Waals surface area contributed by atoms with Crippen LogP contribution in [-0.4, -0.2) is 39.4 Å². The zero-order valence-electron chi connectivity index (χ0n) is 17.9. The lowest BCUT2D eigenvalue weighted by Gasteiger charge is -2.20. The molecule has 0 aliphatic heterocycles. The largest absolute Gasteiger partial charge is 0.495 e. The maximum Gasteiger partial charge on any atom is 0.262 e. The number of methoxy groups -OCH3 is 1. The Morgan fingerprint density at radius 1 is 1.03 bits per heavy atom. The van der Waals surface area contributed by atoms with Crippen LogP contribution >= 0.6 is 0 Å². The van der Waals surface area contributed by atoms with Gasteiger partial charge in [-0.2, -0.15) is 0 Å². The molecule has 8 nitrogen and oxygen atoms in total. The Bertz CT molecular complexity index is 1060. The number of hydrogen-bond acceptors (Lipinski definition) is 5. The molecule has 0 saturated heterocycles. The molecule has 0 bridgehead atoms. The van der Waals surface area contributed by atoms with E-state index in [9.17, 15) is 18.0 Å². The van der Waals surface area contributed by atoms with Crippen molar-refractivity contribution in [3.63, 3.8) is 0 Å². The van der Waals surface area contributed by atoms with E-state index >= 15 is 0 Å². The Morgan fingerprint density at radius 3 is 2.29 bits per heavy atom. The first-order chi connectivity index (χ1) is 14.5. The highest BCUT2D eigenvalue weighted by Gasteiger charge is 2.16. The van der Waals surface area contributed by atoms with E-state index in [2.05, 4.69) is 15.4 Å². The number of nitrogens with one attached hydrogen (secondary N) is 3. The smallest absolute Gasteiger partial charge is 0.262 e. The number of hydrogen-bond donors (Lipinski definition) is 3. The quantitative estimate of drug-likeness (QED) is 0.541. The van der Waals surface area contributed by atoms with Crippen LogP contribution in [0.2, 0.25) is 0 Å². The van der Waals surface area contributed by atoms with Crippen LogP contribution in [0.3, 0.4) is 0 Å². The second-order valence-corrected chi connectivity index (χ2v) is 9.41. The molecule has 0 aromatic heterocycles. The Labute approximate surface area is 182 Å². The van der Waals surface area contributed by atoms with E-state index in [1.807, 2.05) is 20.8 Å². The SMILES string of the molecule is COc1ccccc1NS(=O)(=O)c1ccc(C=CC(=O)NCC(=O)NC(C)(C)C)cc1. The van der Waals surface area contributed by atoms with Crippen LogP contribution in [-0.2, 0) is 19.6 Å². The van der Waals surface area contributed by atoms with Crippen molar-refractivity contribution in [2.24, 2.45) is 0 Å². The highest BCUT2D eigenvalue weighted by Crippen LogP contribution is 2.26. The summed E-state index contributed by atoms with van der Waals surface area (Å²) >= 11 is 0. The minimum Gasteiger partial charge on any atom is -0.495 e. The Balaban J connectivity index is 1.98. The van der Waals surface area contributed by atoms with Crippen molar-refractivity contribution in [2.45, 2.75) is 31.2 Å². The zero-order chi connectivity index (χ0) is 23.1. The molecule has 0 spiro atoms. The van der Waals surface area contributed by atoms with Gasteiger partial charge in [0.2, 0.25) is 11.8 Å². The molecule has 0 saturated carbocycles. The Morgan fingerprint density at radius 2 is 1.68 bits per heavy atom. The minimum atomic E-state index is -3.80. The number of para-hydroxylation sites is 2. The molecule has 2 aromatic carbocycles. The third-order valence-corrected chi connectivity index (χ3v) is 5.29. The predicted molar refractivity (Wildman–Crippen MR) is 120 cm³/mol. The van der Waals surface area contributed by atoms with E-state index in [1.54, 1.807) is 36.4 Å². The average molecular weight is 446 g/mol. The van der Waals surface area contributed by atoms with Crippen LogP contribution in [0, 0.1) is 0 Å². The number of carbonyl (C=O) groups excluding carboxylic acids is 2. The third kappa shape index (κ3) is 7.78. The summed E-state index contributed by atoms with van der Waals surface area (Å²) in [5.41, 5.74) is 0.590. The molecule has 3 N–H and O–H groups in total. The molecule has 0 atom stereocenters. The molecule has 0 radical (unpaired) electrons. The molecule has 2 aromatic rings. The van der Waals surface area contributed by atoms with Gasteiger partial charge in [-0.05, 0) is 56.7 Å². The highest BCUT2D eigenvalue weighted by molar-refractivity contribution is 7.92. The molecular weight excluding hydrogens is 418 g/mol. The van der Waals surface area contributed by atoms with Gasteiger partial charge in [-0.1, -0.05) is 24.3 Å². The van der Waals surface area contributed by atoms with Crippen LogP contribution < -0.4 is 20.1 Å². The Kier molecular flexibility index (Phi) is 7.82. The summed E-state index contributed by atoms with van der Waals surface area (Å²) in [6, 6.07) is 12.7. The van der Waals surface area contributed by atoms with Crippen molar-refractivity contribution >= 4 is 33.6 Å². The molecule has 0 unspecified atom stereocenters. The van der Waals surface area contributed by atoms with Crippen molar-refractivity contribution in [1.29, 1.82) is 0 Å². The van der Waals surface area contributed by atoms with Gasteiger partial charge < -0.3 is 15.4 Å². The zero-order valence-corrected chi connectivity index (χ0v) is 18.7. The first kappa shape index (κ1) is 23.9. The first-order valence-corrected chi connectivity index (χ1v) is 11.0.